The number of rotatable bonds is 5. The molecule has 1 unspecified atom stereocenters. The highest BCUT2D eigenvalue weighted by Gasteiger charge is 2.24. The molecule has 0 bridgehead atoms. The average molecular weight is 275 g/mol. The molecule has 4 nitrogen and oxygen atoms in total. The smallest absolute Gasteiger partial charge is 0.307 e. The number of hydrogen-bond donors (Lipinski definition) is 0. The molecule has 18 heavy (non-hydrogen) atoms. The van der Waals surface area contributed by atoms with Crippen LogP contribution in [-0.2, 0) is 9.53 Å². The Balaban J connectivity index is 2.95. The Morgan fingerprint density at radius 2 is 2.06 bits per heavy atom. The number of ketones is 1. The van der Waals surface area contributed by atoms with Gasteiger partial charge in [0.1, 0.15) is 16.9 Å². The standard InChI is InChI=1S/C12H12ClFO4/c1-17-10-4-3-7(14)5-8(10)12(16)9(13)6-11(15)18-2/h3-5,9H,6H2,1-2H3. The number of carbonyl (C=O) groups excluding carboxylic acids is 2. The summed E-state index contributed by atoms with van der Waals surface area (Å²) in [4.78, 5) is 23.0. The summed E-state index contributed by atoms with van der Waals surface area (Å²) in [6.45, 7) is 0. The number of carbonyl (C=O) groups is 2. The maximum atomic E-state index is 13.1. The summed E-state index contributed by atoms with van der Waals surface area (Å²) in [5, 5.41) is -1.12. The molecule has 1 rings (SSSR count). The first-order valence-corrected chi connectivity index (χ1v) is 5.52. The predicted octanol–water partition coefficient (Wildman–Crippen LogP) is 2.19. The number of alkyl halides is 1. The maximum absolute atomic E-state index is 13.1. The summed E-state index contributed by atoms with van der Waals surface area (Å²) in [5.41, 5.74) is 0.00130. The van der Waals surface area contributed by atoms with Gasteiger partial charge in [-0.05, 0) is 18.2 Å². The number of methoxy groups -OCH3 is 2. The van der Waals surface area contributed by atoms with Gasteiger partial charge in [0, 0.05) is 0 Å². The van der Waals surface area contributed by atoms with Crippen molar-refractivity contribution in [2.75, 3.05) is 14.2 Å². The van der Waals surface area contributed by atoms with Crippen molar-refractivity contribution in [3.05, 3.63) is 29.6 Å². The second-order valence-electron chi connectivity index (χ2n) is 3.46. The van der Waals surface area contributed by atoms with E-state index in [2.05, 4.69) is 4.74 Å². The van der Waals surface area contributed by atoms with E-state index in [1.807, 2.05) is 0 Å². The van der Waals surface area contributed by atoms with Crippen LogP contribution in [0.3, 0.4) is 0 Å². The molecule has 0 aliphatic heterocycles. The molecule has 0 aliphatic rings. The van der Waals surface area contributed by atoms with Gasteiger partial charge < -0.3 is 9.47 Å². The van der Waals surface area contributed by atoms with Crippen LogP contribution in [0.5, 0.6) is 5.75 Å². The van der Waals surface area contributed by atoms with Gasteiger partial charge in [0.25, 0.3) is 0 Å². The van der Waals surface area contributed by atoms with Gasteiger partial charge in [-0.15, -0.1) is 11.6 Å². The zero-order chi connectivity index (χ0) is 13.7. The zero-order valence-corrected chi connectivity index (χ0v) is 10.7. The second kappa shape index (κ2) is 6.35. The topological polar surface area (TPSA) is 52.6 Å². The summed E-state index contributed by atoms with van der Waals surface area (Å²) in [6, 6.07) is 3.51. The predicted molar refractivity (Wildman–Crippen MR) is 63.6 cm³/mol. The molecule has 1 aromatic rings. The normalized spacial score (nSPS) is 11.8. The molecule has 98 valence electrons. The Hall–Kier alpha value is -1.62. The lowest BCUT2D eigenvalue weighted by molar-refractivity contribution is -0.140. The Kier molecular flexibility index (Phi) is 5.09. The number of halogens is 2. The monoisotopic (exact) mass is 274 g/mol. The highest BCUT2D eigenvalue weighted by Crippen LogP contribution is 2.23. The van der Waals surface area contributed by atoms with E-state index in [4.69, 9.17) is 16.3 Å². The number of hydrogen-bond acceptors (Lipinski definition) is 4. The van der Waals surface area contributed by atoms with E-state index in [9.17, 15) is 14.0 Å². The number of esters is 1. The Morgan fingerprint density at radius 1 is 1.39 bits per heavy atom. The third-order valence-electron chi connectivity index (χ3n) is 2.29. The fourth-order valence-corrected chi connectivity index (χ4v) is 1.61. The van der Waals surface area contributed by atoms with Gasteiger partial charge in [-0.25, -0.2) is 4.39 Å². The van der Waals surface area contributed by atoms with Crippen LogP contribution in [0.25, 0.3) is 0 Å². The SMILES string of the molecule is COC(=O)CC(Cl)C(=O)c1cc(F)ccc1OC. The van der Waals surface area contributed by atoms with Gasteiger partial charge in [-0.3, -0.25) is 9.59 Å². The van der Waals surface area contributed by atoms with E-state index >= 15 is 0 Å². The number of benzene rings is 1. The van der Waals surface area contributed by atoms with Crippen LogP contribution in [0.1, 0.15) is 16.8 Å². The van der Waals surface area contributed by atoms with Gasteiger partial charge in [0.2, 0.25) is 0 Å². The van der Waals surface area contributed by atoms with Crippen LogP contribution in [-0.4, -0.2) is 31.3 Å². The van der Waals surface area contributed by atoms with E-state index in [0.717, 1.165) is 6.07 Å². The summed E-state index contributed by atoms with van der Waals surface area (Å²) >= 11 is 5.79. The van der Waals surface area contributed by atoms with Crippen molar-refractivity contribution in [3.8, 4) is 5.75 Å². The van der Waals surface area contributed by atoms with Crippen molar-refractivity contribution in [2.45, 2.75) is 11.8 Å². The van der Waals surface area contributed by atoms with Crippen molar-refractivity contribution in [1.82, 2.24) is 0 Å². The summed E-state index contributed by atoms with van der Waals surface area (Å²) in [6.07, 6.45) is -0.281. The van der Waals surface area contributed by atoms with Gasteiger partial charge in [0.15, 0.2) is 5.78 Å². The zero-order valence-electron chi connectivity index (χ0n) is 9.91. The van der Waals surface area contributed by atoms with Gasteiger partial charge in [-0.2, -0.15) is 0 Å². The molecular formula is C12H12ClFO4. The van der Waals surface area contributed by atoms with Crippen LogP contribution < -0.4 is 4.74 Å². The van der Waals surface area contributed by atoms with Crippen LogP contribution in [0.4, 0.5) is 4.39 Å². The summed E-state index contributed by atoms with van der Waals surface area (Å²) in [7, 11) is 2.55. The third-order valence-corrected chi connectivity index (χ3v) is 2.64. The minimum atomic E-state index is -1.12. The van der Waals surface area contributed by atoms with Crippen LogP contribution >= 0.6 is 11.6 Å². The lowest BCUT2D eigenvalue weighted by Crippen LogP contribution is -2.20. The fraction of sp³-hybridized carbons (Fsp3) is 0.333. The molecule has 0 heterocycles. The first-order chi connectivity index (χ1) is 8.49. The molecule has 1 aromatic carbocycles. The van der Waals surface area contributed by atoms with Crippen molar-refractivity contribution in [3.63, 3.8) is 0 Å². The first kappa shape index (κ1) is 14.4. The minimum absolute atomic E-state index is 0.00130. The van der Waals surface area contributed by atoms with Crippen LogP contribution in [0.15, 0.2) is 18.2 Å². The Labute approximate surface area is 109 Å². The molecule has 0 amide bonds. The molecular weight excluding hydrogens is 263 g/mol. The molecule has 1 atom stereocenters. The quantitative estimate of drug-likeness (QED) is 0.469. The van der Waals surface area contributed by atoms with Crippen molar-refractivity contribution in [2.24, 2.45) is 0 Å². The van der Waals surface area contributed by atoms with Gasteiger partial charge in [-0.1, -0.05) is 0 Å². The molecule has 0 radical (unpaired) electrons. The average Bonchev–Trinajstić information content (AvgIpc) is 2.37. The van der Waals surface area contributed by atoms with E-state index in [-0.39, 0.29) is 17.7 Å². The molecule has 0 spiro atoms. The Bertz CT molecular complexity index is 461. The molecule has 0 saturated carbocycles. The Morgan fingerprint density at radius 3 is 2.61 bits per heavy atom. The molecule has 0 aliphatic carbocycles. The summed E-state index contributed by atoms with van der Waals surface area (Å²) < 4.78 is 22.4. The molecule has 0 saturated heterocycles. The van der Waals surface area contributed by atoms with Crippen LogP contribution in [0, 0.1) is 5.82 Å². The van der Waals surface area contributed by atoms with E-state index in [1.54, 1.807) is 0 Å². The number of ether oxygens (including phenoxy) is 2. The molecule has 6 heteroatoms. The maximum Gasteiger partial charge on any atom is 0.307 e. The molecule has 0 aromatic heterocycles. The van der Waals surface area contributed by atoms with Crippen molar-refractivity contribution >= 4 is 23.4 Å². The highest BCUT2D eigenvalue weighted by molar-refractivity contribution is 6.35. The first-order valence-electron chi connectivity index (χ1n) is 5.08. The molecule has 0 N–H and O–H groups in total. The van der Waals surface area contributed by atoms with Crippen molar-refractivity contribution in [1.29, 1.82) is 0 Å². The van der Waals surface area contributed by atoms with E-state index < -0.39 is 22.9 Å². The van der Waals surface area contributed by atoms with Crippen molar-refractivity contribution < 1.29 is 23.5 Å². The van der Waals surface area contributed by atoms with Gasteiger partial charge in [0.05, 0.1) is 26.2 Å². The minimum Gasteiger partial charge on any atom is -0.496 e. The third kappa shape index (κ3) is 3.43. The van der Waals surface area contributed by atoms with E-state index in [1.165, 1.54) is 26.4 Å². The lowest BCUT2D eigenvalue weighted by atomic mass is 10.0. The second-order valence-corrected chi connectivity index (χ2v) is 3.98. The van der Waals surface area contributed by atoms with E-state index in [0.29, 0.717) is 0 Å². The number of Topliss-reactive ketones (excluding diaryl/α,β-unsaturated/α-hetero) is 1. The van der Waals surface area contributed by atoms with Gasteiger partial charge >= 0.3 is 5.97 Å². The lowest BCUT2D eigenvalue weighted by Gasteiger charge is -2.11. The summed E-state index contributed by atoms with van der Waals surface area (Å²) in [5.74, 6) is -1.57. The van der Waals surface area contributed by atoms with Crippen LogP contribution in [0.2, 0.25) is 0 Å². The fourth-order valence-electron chi connectivity index (χ4n) is 1.36. The molecule has 0 fully saturated rings. The highest BCUT2D eigenvalue weighted by atomic mass is 35.5. The largest absolute Gasteiger partial charge is 0.496 e.